The zero-order valence-electron chi connectivity index (χ0n) is 13.6. The number of alkyl halides is 1. The zero-order chi connectivity index (χ0) is 16.4. The van der Waals surface area contributed by atoms with Crippen molar-refractivity contribution in [1.82, 2.24) is 10.6 Å². The van der Waals surface area contributed by atoms with Gasteiger partial charge in [0.1, 0.15) is 11.8 Å². The number of benzene rings is 1. The highest BCUT2D eigenvalue weighted by Gasteiger charge is 2.23. The highest BCUT2D eigenvalue weighted by Crippen LogP contribution is 2.08. The van der Waals surface area contributed by atoms with Crippen molar-refractivity contribution in [2.75, 3.05) is 13.1 Å². The van der Waals surface area contributed by atoms with Crippen LogP contribution in [0.2, 0.25) is 0 Å². The predicted octanol–water partition coefficient (Wildman–Crippen LogP) is 2.43. The lowest BCUT2D eigenvalue weighted by atomic mass is 10.0. The maximum atomic E-state index is 13.4. The largest absolute Gasteiger partial charge is 0.462 e. The molecule has 124 valence electrons. The normalized spacial score (nSPS) is 21.5. The number of halogens is 1. The third-order valence-electron chi connectivity index (χ3n) is 3.22. The molecule has 0 aromatic heterocycles. The van der Waals surface area contributed by atoms with Gasteiger partial charge in [-0.2, -0.15) is 0 Å². The lowest BCUT2D eigenvalue weighted by Gasteiger charge is -2.27. The molecule has 1 saturated heterocycles. The summed E-state index contributed by atoms with van der Waals surface area (Å²) in [6.07, 6.45) is 0.107. The first-order valence-electron chi connectivity index (χ1n) is 7.66. The molecule has 1 fully saturated rings. The van der Waals surface area contributed by atoms with Gasteiger partial charge < -0.3 is 15.4 Å². The molecule has 1 heterocycles. The van der Waals surface area contributed by atoms with Gasteiger partial charge >= 0.3 is 0 Å². The molecule has 2 rings (SSSR count). The van der Waals surface area contributed by atoms with Gasteiger partial charge in [-0.25, -0.2) is 4.39 Å². The Balaban J connectivity index is 0.000000295. The third kappa shape index (κ3) is 8.10. The molecule has 0 radical (unpaired) electrons. The maximum Gasteiger partial charge on any atom is 0.293 e. The van der Waals surface area contributed by atoms with Crippen molar-refractivity contribution in [2.45, 2.75) is 51.6 Å². The van der Waals surface area contributed by atoms with Gasteiger partial charge in [0.05, 0.1) is 0 Å². The fraction of sp³-hybridized carbons (Fsp3) is 0.588. The van der Waals surface area contributed by atoms with E-state index >= 15 is 0 Å². The molecule has 1 aliphatic heterocycles. The van der Waals surface area contributed by atoms with Crippen LogP contribution >= 0.6 is 0 Å². The molecule has 4 nitrogen and oxygen atoms in total. The average molecular weight is 310 g/mol. The standard InChI is InChI=1S/C12H17FN2.C5H10O2/c13-11-9-14-7-6-12(11)15-8-10-4-2-1-3-5-10;1-5(2,3)7-4-6/h1-5,11-12,14-15H,6-9H2;4H,1-3H3. The van der Waals surface area contributed by atoms with E-state index in [4.69, 9.17) is 0 Å². The number of nitrogens with one attached hydrogen (secondary N) is 2. The molecule has 2 atom stereocenters. The van der Waals surface area contributed by atoms with Gasteiger partial charge in [-0.3, -0.25) is 4.79 Å². The van der Waals surface area contributed by atoms with Crippen LogP contribution in [0.4, 0.5) is 4.39 Å². The van der Waals surface area contributed by atoms with Crippen molar-refractivity contribution in [2.24, 2.45) is 0 Å². The van der Waals surface area contributed by atoms with E-state index in [1.165, 1.54) is 5.56 Å². The topological polar surface area (TPSA) is 50.4 Å². The Morgan fingerprint density at radius 2 is 2.05 bits per heavy atom. The van der Waals surface area contributed by atoms with Crippen LogP contribution in [0.3, 0.4) is 0 Å². The number of piperidine rings is 1. The molecule has 22 heavy (non-hydrogen) atoms. The molecular weight excluding hydrogens is 283 g/mol. The second kappa shape index (κ2) is 9.54. The van der Waals surface area contributed by atoms with Crippen LogP contribution in [0, 0.1) is 0 Å². The summed E-state index contributed by atoms with van der Waals surface area (Å²) in [4.78, 5) is 9.60. The van der Waals surface area contributed by atoms with Gasteiger partial charge in [-0.15, -0.1) is 0 Å². The highest BCUT2D eigenvalue weighted by molar-refractivity contribution is 5.37. The van der Waals surface area contributed by atoms with Crippen LogP contribution in [-0.4, -0.2) is 37.4 Å². The minimum absolute atomic E-state index is 0.00598. The number of hydrogen-bond donors (Lipinski definition) is 2. The van der Waals surface area contributed by atoms with E-state index in [0.717, 1.165) is 19.5 Å². The molecule has 0 aliphatic carbocycles. The molecule has 0 saturated carbocycles. The highest BCUT2D eigenvalue weighted by atomic mass is 19.1. The maximum absolute atomic E-state index is 13.4. The van der Waals surface area contributed by atoms with Gasteiger partial charge in [-0.1, -0.05) is 30.3 Å². The van der Waals surface area contributed by atoms with Crippen LogP contribution in [0.1, 0.15) is 32.8 Å². The lowest BCUT2D eigenvalue weighted by Crippen LogP contribution is -2.48. The van der Waals surface area contributed by atoms with E-state index in [0.29, 0.717) is 13.0 Å². The van der Waals surface area contributed by atoms with E-state index in [1.807, 2.05) is 39.0 Å². The monoisotopic (exact) mass is 310 g/mol. The minimum atomic E-state index is -0.762. The van der Waals surface area contributed by atoms with Gasteiger partial charge in [0, 0.05) is 19.1 Å². The zero-order valence-corrected chi connectivity index (χ0v) is 13.6. The second-order valence-electron chi connectivity index (χ2n) is 6.31. The van der Waals surface area contributed by atoms with Crippen molar-refractivity contribution in [3.05, 3.63) is 35.9 Å². The number of carbonyl (C=O) groups is 1. The van der Waals surface area contributed by atoms with Crippen molar-refractivity contribution in [3.63, 3.8) is 0 Å². The van der Waals surface area contributed by atoms with Gasteiger partial charge in [-0.05, 0) is 39.3 Å². The second-order valence-corrected chi connectivity index (χ2v) is 6.31. The summed E-state index contributed by atoms with van der Waals surface area (Å²) < 4.78 is 18.0. The molecule has 5 heteroatoms. The van der Waals surface area contributed by atoms with E-state index in [-0.39, 0.29) is 11.6 Å². The first-order valence-corrected chi connectivity index (χ1v) is 7.66. The van der Waals surface area contributed by atoms with Crippen molar-refractivity contribution >= 4 is 6.47 Å². The molecule has 0 amide bonds. The molecule has 2 N–H and O–H groups in total. The fourth-order valence-electron chi connectivity index (χ4n) is 2.04. The fourth-order valence-corrected chi connectivity index (χ4v) is 2.04. The van der Waals surface area contributed by atoms with Crippen LogP contribution in [0.5, 0.6) is 0 Å². The summed E-state index contributed by atoms with van der Waals surface area (Å²) >= 11 is 0. The Bertz CT molecular complexity index is 420. The first-order chi connectivity index (χ1) is 10.4. The summed E-state index contributed by atoms with van der Waals surface area (Å²) in [5.74, 6) is 0. The first kappa shape index (κ1) is 18.6. The third-order valence-corrected chi connectivity index (χ3v) is 3.22. The van der Waals surface area contributed by atoms with E-state index in [1.54, 1.807) is 0 Å². The summed E-state index contributed by atoms with van der Waals surface area (Å²) in [5.41, 5.74) is 0.894. The predicted molar refractivity (Wildman–Crippen MR) is 86.4 cm³/mol. The average Bonchev–Trinajstić information content (AvgIpc) is 2.47. The van der Waals surface area contributed by atoms with Crippen molar-refractivity contribution < 1.29 is 13.9 Å². The van der Waals surface area contributed by atoms with Crippen LogP contribution in [0.25, 0.3) is 0 Å². The minimum Gasteiger partial charge on any atom is -0.462 e. The number of hydrogen-bond acceptors (Lipinski definition) is 4. The summed E-state index contributed by atoms with van der Waals surface area (Å²) in [6, 6.07) is 10.1. The number of rotatable bonds is 4. The lowest BCUT2D eigenvalue weighted by molar-refractivity contribution is -0.138. The summed E-state index contributed by atoms with van der Waals surface area (Å²) in [5, 5.41) is 6.32. The van der Waals surface area contributed by atoms with Gasteiger partial charge in [0.2, 0.25) is 0 Å². The summed E-state index contributed by atoms with van der Waals surface area (Å²) in [7, 11) is 0. The van der Waals surface area contributed by atoms with Crippen LogP contribution < -0.4 is 10.6 Å². The Hall–Kier alpha value is -1.46. The molecule has 2 unspecified atom stereocenters. The van der Waals surface area contributed by atoms with E-state index in [9.17, 15) is 9.18 Å². The van der Waals surface area contributed by atoms with Crippen LogP contribution in [0.15, 0.2) is 30.3 Å². The quantitative estimate of drug-likeness (QED) is 0.839. The van der Waals surface area contributed by atoms with Crippen molar-refractivity contribution in [3.8, 4) is 0 Å². The molecular formula is C17H27FN2O2. The smallest absolute Gasteiger partial charge is 0.293 e. The molecule has 0 spiro atoms. The molecule has 1 aliphatic rings. The van der Waals surface area contributed by atoms with E-state index in [2.05, 4.69) is 27.5 Å². The molecule has 1 aromatic carbocycles. The number of carbonyl (C=O) groups excluding carboxylic acids is 1. The Kier molecular flexibility index (Phi) is 8.06. The SMILES string of the molecule is CC(C)(C)OC=O.FC1CNCCC1NCc1ccccc1. The summed E-state index contributed by atoms with van der Waals surface area (Å²) in [6.45, 7) is 8.06. The van der Waals surface area contributed by atoms with Crippen molar-refractivity contribution in [1.29, 1.82) is 0 Å². The van der Waals surface area contributed by atoms with Gasteiger partial charge in [0.25, 0.3) is 6.47 Å². The molecule has 0 bridgehead atoms. The number of ether oxygens (including phenoxy) is 1. The Labute approximate surface area is 132 Å². The van der Waals surface area contributed by atoms with E-state index < -0.39 is 6.17 Å². The van der Waals surface area contributed by atoms with Crippen LogP contribution in [-0.2, 0) is 16.1 Å². The Morgan fingerprint density at radius 3 is 2.55 bits per heavy atom. The van der Waals surface area contributed by atoms with Gasteiger partial charge in [0.15, 0.2) is 0 Å². The Morgan fingerprint density at radius 1 is 1.36 bits per heavy atom. The molecule has 1 aromatic rings.